The van der Waals surface area contributed by atoms with E-state index in [4.69, 9.17) is 14.2 Å². The molecule has 4 aliphatic rings. The lowest BCUT2D eigenvalue weighted by atomic mass is 9.55. The second-order valence-corrected chi connectivity index (χ2v) is 10.6. The zero-order valence-corrected chi connectivity index (χ0v) is 20.5. The Morgan fingerprint density at radius 2 is 1.94 bits per heavy atom. The number of nitrogens with zero attached hydrogens (tertiary/aromatic N) is 1. The van der Waals surface area contributed by atoms with Crippen molar-refractivity contribution in [1.29, 1.82) is 0 Å². The molecule has 6 heteroatoms. The third-order valence-corrected chi connectivity index (χ3v) is 9.31. The number of allylic oxidation sites excluding steroid dienone is 1. The molecule has 6 nitrogen and oxygen atoms in total. The summed E-state index contributed by atoms with van der Waals surface area (Å²) in [6, 6.07) is 4.28. The van der Waals surface area contributed by atoms with Crippen molar-refractivity contribution in [2.24, 2.45) is 23.2 Å². The number of benzene rings is 1. The fourth-order valence-electron chi connectivity index (χ4n) is 6.97. The van der Waals surface area contributed by atoms with Crippen LogP contribution in [0.2, 0.25) is 0 Å². The van der Waals surface area contributed by atoms with Gasteiger partial charge in [-0.05, 0) is 55.4 Å². The van der Waals surface area contributed by atoms with Gasteiger partial charge in [0.1, 0.15) is 6.10 Å². The van der Waals surface area contributed by atoms with E-state index in [1.807, 2.05) is 0 Å². The summed E-state index contributed by atoms with van der Waals surface area (Å²) >= 11 is 0. The molecule has 2 aliphatic heterocycles. The molecule has 1 saturated heterocycles. The minimum absolute atomic E-state index is 0.140. The SMILES string of the molecule is COc1cc2c(cc1OC)C(C)N(CC1C(=O)OC3CC4=CCCC(C)C4(C)C(O)C31)CC2. The number of carbonyl (C=O) groups excluding carboxylic acids is 1. The Morgan fingerprint density at radius 1 is 1.21 bits per heavy atom. The Morgan fingerprint density at radius 3 is 2.67 bits per heavy atom. The van der Waals surface area contributed by atoms with E-state index in [1.54, 1.807) is 14.2 Å². The highest BCUT2D eigenvalue weighted by molar-refractivity contribution is 5.76. The van der Waals surface area contributed by atoms with Crippen LogP contribution >= 0.6 is 0 Å². The van der Waals surface area contributed by atoms with Gasteiger partial charge in [0.25, 0.3) is 0 Å². The fraction of sp³-hybridized carbons (Fsp3) is 0.667. The minimum Gasteiger partial charge on any atom is -0.493 e. The molecular formula is C27H37NO5. The summed E-state index contributed by atoms with van der Waals surface area (Å²) in [4.78, 5) is 15.4. The van der Waals surface area contributed by atoms with Crippen LogP contribution in [0.4, 0.5) is 0 Å². The lowest BCUT2D eigenvalue weighted by molar-refractivity contribution is -0.145. The molecule has 1 aromatic rings. The molecule has 0 amide bonds. The molecule has 7 atom stereocenters. The molecule has 0 bridgehead atoms. The zero-order valence-electron chi connectivity index (χ0n) is 20.5. The topological polar surface area (TPSA) is 68.2 Å². The lowest BCUT2D eigenvalue weighted by Crippen LogP contribution is -2.55. The second kappa shape index (κ2) is 8.31. The van der Waals surface area contributed by atoms with E-state index in [0.717, 1.165) is 43.7 Å². The van der Waals surface area contributed by atoms with Crippen LogP contribution in [0, 0.1) is 23.2 Å². The molecule has 1 saturated carbocycles. The van der Waals surface area contributed by atoms with Crippen LogP contribution in [0.15, 0.2) is 23.8 Å². The Balaban J connectivity index is 1.40. The summed E-state index contributed by atoms with van der Waals surface area (Å²) in [6.45, 7) is 8.09. The monoisotopic (exact) mass is 455 g/mol. The molecular weight excluding hydrogens is 418 g/mol. The summed E-state index contributed by atoms with van der Waals surface area (Å²) in [5, 5.41) is 11.6. The first-order valence-electron chi connectivity index (χ1n) is 12.4. The van der Waals surface area contributed by atoms with Crippen LogP contribution in [0.25, 0.3) is 0 Å². The normalized spacial score (nSPS) is 38.0. The van der Waals surface area contributed by atoms with Gasteiger partial charge in [-0.3, -0.25) is 9.69 Å². The number of carbonyl (C=O) groups is 1. The molecule has 0 spiro atoms. The lowest BCUT2D eigenvalue weighted by Gasteiger charge is -2.52. The van der Waals surface area contributed by atoms with Gasteiger partial charge in [0, 0.05) is 36.9 Å². The number of fused-ring (bicyclic) bond motifs is 3. The van der Waals surface area contributed by atoms with Crippen LogP contribution in [-0.2, 0) is 16.0 Å². The van der Waals surface area contributed by atoms with Gasteiger partial charge in [-0.15, -0.1) is 0 Å². The third-order valence-electron chi connectivity index (χ3n) is 9.31. The zero-order chi connectivity index (χ0) is 23.5. The summed E-state index contributed by atoms with van der Waals surface area (Å²) < 4.78 is 16.9. The average molecular weight is 456 g/mol. The second-order valence-electron chi connectivity index (χ2n) is 10.6. The number of aliphatic hydroxyl groups is 1. The molecule has 5 rings (SSSR count). The standard InChI is InChI=1S/C27H37NO5/c1-15-7-6-8-18-12-23-24(25(29)27(15,18)3)20(26(30)33-23)14-28-10-9-17-11-21(31-4)22(32-5)13-19(17)16(28)2/h8,11,13,15-16,20,23-25,29H,6-7,9-10,12,14H2,1-5H3. The van der Waals surface area contributed by atoms with Gasteiger partial charge in [0.2, 0.25) is 0 Å². The number of aliphatic hydroxyl groups excluding tert-OH is 1. The molecule has 0 radical (unpaired) electrons. The largest absolute Gasteiger partial charge is 0.493 e. The van der Waals surface area contributed by atoms with Crippen molar-refractivity contribution in [3.05, 3.63) is 34.9 Å². The Hall–Kier alpha value is -2.05. The first kappa shape index (κ1) is 22.7. The van der Waals surface area contributed by atoms with Gasteiger partial charge in [-0.2, -0.15) is 0 Å². The maximum atomic E-state index is 13.1. The van der Waals surface area contributed by atoms with Crippen LogP contribution in [0.1, 0.15) is 57.2 Å². The van der Waals surface area contributed by atoms with Gasteiger partial charge in [-0.25, -0.2) is 0 Å². The van der Waals surface area contributed by atoms with E-state index >= 15 is 0 Å². The first-order valence-corrected chi connectivity index (χ1v) is 12.4. The number of ether oxygens (including phenoxy) is 3. The number of hydrogen-bond donors (Lipinski definition) is 1. The van der Waals surface area contributed by atoms with Gasteiger partial charge in [-0.1, -0.05) is 25.5 Å². The third kappa shape index (κ3) is 3.40. The van der Waals surface area contributed by atoms with Crippen molar-refractivity contribution in [3.8, 4) is 11.5 Å². The van der Waals surface area contributed by atoms with E-state index in [9.17, 15) is 9.90 Å². The van der Waals surface area contributed by atoms with E-state index in [-0.39, 0.29) is 35.4 Å². The molecule has 7 unspecified atom stereocenters. The number of hydrogen-bond acceptors (Lipinski definition) is 6. The van der Waals surface area contributed by atoms with E-state index in [2.05, 4.69) is 43.9 Å². The number of methoxy groups -OCH3 is 2. The highest BCUT2D eigenvalue weighted by atomic mass is 16.6. The average Bonchev–Trinajstić information content (AvgIpc) is 3.11. The van der Waals surface area contributed by atoms with Gasteiger partial charge in [0.05, 0.1) is 26.2 Å². The molecule has 1 aromatic carbocycles. The highest BCUT2D eigenvalue weighted by Crippen LogP contribution is 2.56. The Kier molecular flexibility index (Phi) is 5.73. The Labute approximate surface area is 196 Å². The van der Waals surface area contributed by atoms with E-state index < -0.39 is 6.10 Å². The molecule has 2 fully saturated rings. The van der Waals surface area contributed by atoms with E-state index in [1.165, 1.54) is 16.7 Å². The molecule has 2 heterocycles. The first-order chi connectivity index (χ1) is 15.8. The van der Waals surface area contributed by atoms with Gasteiger partial charge in [0.15, 0.2) is 11.5 Å². The van der Waals surface area contributed by atoms with Crippen LogP contribution in [-0.4, -0.2) is 55.5 Å². The predicted octanol–water partition coefficient (Wildman–Crippen LogP) is 3.91. The Bertz CT molecular complexity index is 974. The molecule has 1 N–H and O–H groups in total. The van der Waals surface area contributed by atoms with Crippen molar-refractivity contribution < 1.29 is 24.1 Å². The summed E-state index contributed by atoms with van der Waals surface area (Å²) in [5.41, 5.74) is 3.49. The summed E-state index contributed by atoms with van der Waals surface area (Å²) in [6.07, 6.45) is 5.29. The van der Waals surface area contributed by atoms with Crippen molar-refractivity contribution in [2.75, 3.05) is 27.3 Å². The minimum atomic E-state index is -0.564. The van der Waals surface area contributed by atoms with Crippen LogP contribution in [0.5, 0.6) is 11.5 Å². The maximum Gasteiger partial charge on any atom is 0.311 e. The summed E-state index contributed by atoms with van der Waals surface area (Å²) in [7, 11) is 3.32. The van der Waals surface area contributed by atoms with Crippen molar-refractivity contribution in [2.45, 2.75) is 64.7 Å². The van der Waals surface area contributed by atoms with Crippen LogP contribution < -0.4 is 9.47 Å². The highest BCUT2D eigenvalue weighted by Gasteiger charge is 2.60. The van der Waals surface area contributed by atoms with E-state index in [0.29, 0.717) is 12.5 Å². The van der Waals surface area contributed by atoms with Gasteiger partial charge >= 0.3 is 5.97 Å². The molecule has 0 aromatic heterocycles. The van der Waals surface area contributed by atoms with Crippen molar-refractivity contribution in [3.63, 3.8) is 0 Å². The van der Waals surface area contributed by atoms with Gasteiger partial charge < -0.3 is 19.3 Å². The van der Waals surface area contributed by atoms with Crippen molar-refractivity contribution in [1.82, 2.24) is 4.90 Å². The fourth-order valence-corrected chi connectivity index (χ4v) is 6.97. The summed E-state index contributed by atoms with van der Waals surface area (Å²) in [5.74, 6) is 1.27. The smallest absolute Gasteiger partial charge is 0.311 e. The number of rotatable bonds is 4. The molecule has 2 aliphatic carbocycles. The maximum absolute atomic E-state index is 13.1. The predicted molar refractivity (Wildman–Crippen MR) is 125 cm³/mol. The molecule has 33 heavy (non-hydrogen) atoms. The van der Waals surface area contributed by atoms with Crippen molar-refractivity contribution >= 4 is 5.97 Å². The molecule has 180 valence electrons. The van der Waals surface area contributed by atoms with Crippen LogP contribution in [0.3, 0.4) is 0 Å². The number of esters is 1. The quantitative estimate of drug-likeness (QED) is 0.549.